The van der Waals surface area contributed by atoms with Crippen LogP contribution in [-0.4, -0.2) is 10.1 Å². The Morgan fingerprint density at radius 3 is 2.87 bits per heavy atom. The molecule has 15 heavy (non-hydrogen) atoms. The highest BCUT2D eigenvalue weighted by Gasteiger charge is 2.11. The first-order chi connectivity index (χ1) is 7.15. The third-order valence-corrected chi connectivity index (χ3v) is 2.78. The maximum Gasteiger partial charge on any atom is 0.0741 e. The summed E-state index contributed by atoms with van der Waals surface area (Å²) in [5.74, 6) is 0. The maximum atomic E-state index is 9.19. The van der Waals surface area contributed by atoms with Crippen molar-refractivity contribution < 1.29 is 5.11 Å². The number of aromatic nitrogens is 1. The average molecular weight is 223 g/mol. The lowest BCUT2D eigenvalue weighted by Crippen LogP contribution is -2.01. The van der Waals surface area contributed by atoms with Crippen LogP contribution in [0.1, 0.15) is 11.3 Å². The zero-order chi connectivity index (χ0) is 11.0. The molecule has 0 saturated carbocycles. The fourth-order valence-electron chi connectivity index (χ4n) is 1.67. The summed E-state index contributed by atoms with van der Waals surface area (Å²) in [7, 11) is 0. The standard InChI is InChI=1S/C11H11ClN2O/c1-6-7(5-15)11(13)10-8(12)3-2-4-9(10)14-6/h2-4,15H,5H2,1H3,(H2,13,14). The Balaban J connectivity index is 2.92. The topological polar surface area (TPSA) is 59.1 Å². The Morgan fingerprint density at radius 1 is 1.47 bits per heavy atom. The minimum Gasteiger partial charge on any atom is -0.398 e. The molecule has 0 atom stereocenters. The maximum absolute atomic E-state index is 9.19. The normalized spacial score (nSPS) is 10.9. The minimum atomic E-state index is -0.119. The van der Waals surface area contributed by atoms with Crippen molar-refractivity contribution >= 4 is 28.2 Å². The lowest BCUT2D eigenvalue weighted by Gasteiger charge is -2.10. The predicted octanol–water partition coefficient (Wildman–Crippen LogP) is 2.27. The number of pyridine rings is 1. The first-order valence-corrected chi connectivity index (χ1v) is 4.97. The lowest BCUT2D eigenvalue weighted by atomic mass is 10.1. The monoisotopic (exact) mass is 222 g/mol. The quantitative estimate of drug-likeness (QED) is 0.778. The highest BCUT2D eigenvalue weighted by atomic mass is 35.5. The summed E-state index contributed by atoms with van der Waals surface area (Å²) in [6.45, 7) is 1.70. The van der Waals surface area contributed by atoms with Gasteiger partial charge in [-0.2, -0.15) is 0 Å². The molecule has 1 aromatic heterocycles. The molecule has 1 heterocycles. The number of nitrogens with zero attached hydrogens (tertiary/aromatic N) is 1. The number of anilines is 1. The summed E-state index contributed by atoms with van der Waals surface area (Å²) in [5, 5.41) is 10.5. The van der Waals surface area contributed by atoms with E-state index in [1.165, 1.54) is 0 Å². The Kier molecular flexibility index (Phi) is 2.50. The second-order valence-corrected chi connectivity index (χ2v) is 3.79. The number of hydrogen-bond donors (Lipinski definition) is 2. The molecule has 0 amide bonds. The molecule has 3 nitrogen and oxygen atoms in total. The molecule has 2 rings (SSSR count). The summed E-state index contributed by atoms with van der Waals surface area (Å²) in [6.07, 6.45) is 0. The van der Waals surface area contributed by atoms with Gasteiger partial charge in [-0.05, 0) is 19.1 Å². The van der Waals surface area contributed by atoms with Gasteiger partial charge < -0.3 is 10.8 Å². The first-order valence-electron chi connectivity index (χ1n) is 4.59. The van der Waals surface area contributed by atoms with Gasteiger partial charge in [0.25, 0.3) is 0 Å². The fraction of sp³-hybridized carbons (Fsp3) is 0.182. The van der Waals surface area contributed by atoms with Gasteiger partial charge in [-0.3, -0.25) is 4.98 Å². The molecular formula is C11H11ClN2O. The molecule has 0 saturated heterocycles. The zero-order valence-corrected chi connectivity index (χ0v) is 9.04. The number of nitrogen functional groups attached to an aromatic ring is 1. The zero-order valence-electron chi connectivity index (χ0n) is 8.29. The number of hydrogen-bond acceptors (Lipinski definition) is 3. The number of aliphatic hydroxyl groups excluding tert-OH is 1. The highest BCUT2D eigenvalue weighted by Crippen LogP contribution is 2.31. The molecule has 0 aliphatic heterocycles. The van der Waals surface area contributed by atoms with Crippen LogP contribution < -0.4 is 5.73 Å². The van der Waals surface area contributed by atoms with Crippen molar-refractivity contribution in [2.24, 2.45) is 0 Å². The Labute approximate surface area is 92.5 Å². The van der Waals surface area contributed by atoms with E-state index in [-0.39, 0.29) is 6.61 Å². The molecule has 0 radical (unpaired) electrons. The van der Waals surface area contributed by atoms with E-state index >= 15 is 0 Å². The summed E-state index contributed by atoms with van der Waals surface area (Å²) in [6, 6.07) is 5.44. The largest absolute Gasteiger partial charge is 0.398 e. The molecule has 0 aliphatic rings. The predicted molar refractivity (Wildman–Crippen MR) is 61.8 cm³/mol. The van der Waals surface area contributed by atoms with Crippen LogP contribution in [0.3, 0.4) is 0 Å². The molecule has 3 N–H and O–H groups in total. The van der Waals surface area contributed by atoms with Crippen molar-refractivity contribution in [2.45, 2.75) is 13.5 Å². The number of rotatable bonds is 1. The van der Waals surface area contributed by atoms with Crippen LogP contribution in [-0.2, 0) is 6.61 Å². The Bertz CT molecular complexity index is 525. The number of halogens is 1. The van der Waals surface area contributed by atoms with Crippen LogP contribution in [0.4, 0.5) is 5.69 Å². The van der Waals surface area contributed by atoms with Crippen molar-refractivity contribution in [3.05, 3.63) is 34.5 Å². The molecule has 2 aromatic rings. The van der Waals surface area contributed by atoms with Gasteiger partial charge in [0.05, 0.1) is 17.1 Å². The minimum absolute atomic E-state index is 0.119. The number of aryl methyl sites for hydroxylation is 1. The summed E-state index contributed by atoms with van der Waals surface area (Å²) < 4.78 is 0. The second-order valence-electron chi connectivity index (χ2n) is 3.38. The van der Waals surface area contributed by atoms with Crippen LogP contribution in [0.5, 0.6) is 0 Å². The summed E-state index contributed by atoms with van der Waals surface area (Å²) in [5.41, 5.74) is 8.61. The molecule has 4 heteroatoms. The number of benzene rings is 1. The summed E-state index contributed by atoms with van der Waals surface area (Å²) >= 11 is 6.04. The molecular weight excluding hydrogens is 212 g/mol. The van der Waals surface area contributed by atoms with Gasteiger partial charge >= 0.3 is 0 Å². The van der Waals surface area contributed by atoms with Gasteiger partial charge in [0.1, 0.15) is 0 Å². The van der Waals surface area contributed by atoms with E-state index in [4.69, 9.17) is 17.3 Å². The van der Waals surface area contributed by atoms with E-state index in [2.05, 4.69) is 4.98 Å². The molecule has 78 valence electrons. The van der Waals surface area contributed by atoms with Crippen molar-refractivity contribution in [3.63, 3.8) is 0 Å². The van der Waals surface area contributed by atoms with Crippen LogP contribution in [0.15, 0.2) is 18.2 Å². The van der Waals surface area contributed by atoms with E-state index in [9.17, 15) is 5.11 Å². The van der Waals surface area contributed by atoms with E-state index in [0.29, 0.717) is 21.7 Å². The molecule has 0 unspecified atom stereocenters. The van der Waals surface area contributed by atoms with Crippen LogP contribution in [0.2, 0.25) is 5.02 Å². The highest BCUT2D eigenvalue weighted by molar-refractivity contribution is 6.36. The van der Waals surface area contributed by atoms with Crippen molar-refractivity contribution in [1.82, 2.24) is 4.98 Å². The summed E-state index contributed by atoms with van der Waals surface area (Å²) in [4.78, 5) is 4.34. The SMILES string of the molecule is Cc1nc2cccc(Cl)c2c(N)c1CO. The fourth-order valence-corrected chi connectivity index (χ4v) is 1.94. The van der Waals surface area contributed by atoms with E-state index < -0.39 is 0 Å². The first kappa shape index (κ1) is 10.2. The van der Waals surface area contributed by atoms with Crippen molar-refractivity contribution in [1.29, 1.82) is 0 Å². The second kappa shape index (κ2) is 3.68. The molecule has 1 aromatic carbocycles. The lowest BCUT2D eigenvalue weighted by molar-refractivity contribution is 0.281. The van der Waals surface area contributed by atoms with Gasteiger partial charge in [-0.15, -0.1) is 0 Å². The molecule has 0 bridgehead atoms. The number of aliphatic hydroxyl groups is 1. The Morgan fingerprint density at radius 2 is 2.20 bits per heavy atom. The van der Waals surface area contributed by atoms with Crippen molar-refractivity contribution in [2.75, 3.05) is 5.73 Å². The third kappa shape index (κ3) is 1.54. The number of nitrogens with two attached hydrogens (primary N) is 1. The molecule has 0 aliphatic carbocycles. The van der Waals surface area contributed by atoms with Crippen LogP contribution in [0, 0.1) is 6.92 Å². The average Bonchev–Trinajstić information content (AvgIpc) is 2.17. The van der Waals surface area contributed by atoms with Gasteiger partial charge in [0, 0.05) is 22.3 Å². The van der Waals surface area contributed by atoms with Gasteiger partial charge in [-0.25, -0.2) is 0 Å². The van der Waals surface area contributed by atoms with Gasteiger partial charge in [0.2, 0.25) is 0 Å². The van der Waals surface area contributed by atoms with Crippen LogP contribution >= 0.6 is 11.6 Å². The molecule has 0 spiro atoms. The van der Waals surface area contributed by atoms with E-state index in [1.54, 1.807) is 6.07 Å². The van der Waals surface area contributed by atoms with Gasteiger partial charge in [0.15, 0.2) is 0 Å². The number of fused-ring (bicyclic) bond motifs is 1. The van der Waals surface area contributed by atoms with Crippen LogP contribution in [0.25, 0.3) is 10.9 Å². The smallest absolute Gasteiger partial charge is 0.0741 e. The van der Waals surface area contributed by atoms with E-state index in [1.807, 2.05) is 19.1 Å². The Hall–Kier alpha value is -1.32. The molecule has 0 fully saturated rings. The third-order valence-electron chi connectivity index (χ3n) is 2.47. The van der Waals surface area contributed by atoms with Crippen molar-refractivity contribution in [3.8, 4) is 0 Å². The van der Waals surface area contributed by atoms with E-state index in [0.717, 1.165) is 11.2 Å². The van der Waals surface area contributed by atoms with Gasteiger partial charge in [-0.1, -0.05) is 17.7 Å².